The molecule has 1 aliphatic heterocycles. The zero-order valence-corrected chi connectivity index (χ0v) is 16.0. The topological polar surface area (TPSA) is 57.7 Å². The summed E-state index contributed by atoms with van der Waals surface area (Å²) in [5, 5.41) is 1.06. The van der Waals surface area contributed by atoms with Crippen molar-refractivity contribution in [1.29, 1.82) is 0 Å². The van der Waals surface area contributed by atoms with Crippen molar-refractivity contribution in [2.24, 2.45) is 0 Å². The van der Waals surface area contributed by atoms with Crippen molar-refractivity contribution in [3.8, 4) is 0 Å². The Morgan fingerprint density at radius 2 is 1.88 bits per heavy atom. The molecule has 0 aliphatic carbocycles. The number of rotatable bonds is 7. The van der Waals surface area contributed by atoms with Crippen LogP contribution in [0.4, 0.5) is 0 Å². The van der Waals surface area contributed by atoms with Crippen LogP contribution in [0.3, 0.4) is 0 Å². The maximum absolute atomic E-state index is 12.1. The second-order valence-corrected chi connectivity index (χ2v) is 8.81. The number of hydrogen-bond acceptors (Lipinski definition) is 3. The Morgan fingerprint density at radius 1 is 1.21 bits per heavy atom. The maximum Gasteiger partial charge on any atom is 0.223 e. The van der Waals surface area contributed by atoms with E-state index in [1.807, 2.05) is 0 Å². The summed E-state index contributed by atoms with van der Waals surface area (Å²) in [6.07, 6.45) is 3.90. The number of sulfonamides is 1. The molecule has 0 aromatic heterocycles. The van der Waals surface area contributed by atoms with E-state index in [1.165, 1.54) is 4.31 Å². The molecule has 1 aromatic carbocycles. The minimum Gasteiger partial charge on any atom is -0.343 e. The fourth-order valence-corrected chi connectivity index (χ4v) is 4.11. The fourth-order valence-electron chi connectivity index (χ4n) is 2.76. The molecular formula is C16H22Cl2N2O3S. The molecule has 1 fully saturated rings. The highest BCUT2D eigenvalue weighted by Crippen LogP contribution is 2.22. The number of hydrogen-bond donors (Lipinski definition) is 0. The first-order chi connectivity index (χ1) is 11.3. The number of halogens is 2. The van der Waals surface area contributed by atoms with Gasteiger partial charge in [-0.25, -0.2) is 12.7 Å². The number of likely N-dealkylation sites (tertiary alicyclic amines) is 1. The molecule has 1 saturated heterocycles. The molecule has 134 valence electrons. The van der Waals surface area contributed by atoms with Crippen molar-refractivity contribution >= 4 is 39.1 Å². The number of amides is 1. The van der Waals surface area contributed by atoms with Gasteiger partial charge >= 0.3 is 0 Å². The normalized spacial score (nSPS) is 15.2. The smallest absolute Gasteiger partial charge is 0.223 e. The van der Waals surface area contributed by atoms with Crippen molar-refractivity contribution in [3.63, 3.8) is 0 Å². The molecule has 1 heterocycles. The Morgan fingerprint density at radius 3 is 2.46 bits per heavy atom. The third-order valence-electron chi connectivity index (χ3n) is 4.15. The highest BCUT2D eigenvalue weighted by atomic mass is 35.5. The molecule has 24 heavy (non-hydrogen) atoms. The molecule has 0 atom stereocenters. The third-order valence-corrected chi connectivity index (χ3v) is 6.04. The molecule has 1 amide bonds. The summed E-state index contributed by atoms with van der Waals surface area (Å²) in [5.41, 5.74) is 0.834. The van der Waals surface area contributed by atoms with Crippen molar-refractivity contribution in [1.82, 2.24) is 9.21 Å². The van der Waals surface area contributed by atoms with E-state index in [9.17, 15) is 13.2 Å². The number of benzene rings is 1. The van der Waals surface area contributed by atoms with E-state index in [0.717, 1.165) is 37.8 Å². The lowest BCUT2D eigenvalue weighted by Crippen LogP contribution is -2.36. The van der Waals surface area contributed by atoms with E-state index in [0.29, 0.717) is 16.5 Å². The SMILES string of the molecule is CS(=O)(=O)N(CCC(=O)N1CCCC1)CCc1ccc(Cl)cc1Cl. The first kappa shape index (κ1) is 19.5. The molecule has 8 heteroatoms. The number of carbonyl (C=O) groups is 1. The van der Waals surface area contributed by atoms with Gasteiger partial charge in [0.2, 0.25) is 15.9 Å². The van der Waals surface area contributed by atoms with Crippen molar-refractivity contribution < 1.29 is 13.2 Å². The summed E-state index contributed by atoms with van der Waals surface area (Å²) < 4.78 is 25.3. The average Bonchev–Trinajstić information content (AvgIpc) is 3.01. The van der Waals surface area contributed by atoms with E-state index in [-0.39, 0.29) is 25.4 Å². The molecule has 1 aliphatic rings. The lowest BCUT2D eigenvalue weighted by atomic mass is 10.1. The lowest BCUT2D eigenvalue weighted by molar-refractivity contribution is -0.130. The van der Waals surface area contributed by atoms with Crippen LogP contribution < -0.4 is 0 Å². The maximum atomic E-state index is 12.1. The summed E-state index contributed by atoms with van der Waals surface area (Å²) >= 11 is 12.0. The summed E-state index contributed by atoms with van der Waals surface area (Å²) in [6.45, 7) is 2.03. The molecule has 0 spiro atoms. The zero-order valence-electron chi connectivity index (χ0n) is 13.7. The molecule has 0 radical (unpaired) electrons. The first-order valence-electron chi connectivity index (χ1n) is 7.94. The summed E-state index contributed by atoms with van der Waals surface area (Å²) in [6, 6.07) is 5.16. The predicted molar refractivity (Wildman–Crippen MR) is 97.0 cm³/mol. The van der Waals surface area contributed by atoms with E-state index >= 15 is 0 Å². The quantitative estimate of drug-likeness (QED) is 0.716. The highest BCUT2D eigenvalue weighted by Gasteiger charge is 2.22. The molecule has 0 N–H and O–H groups in total. The van der Waals surface area contributed by atoms with Gasteiger partial charge in [-0.05, 0) is 37.0 Å². The van der Waals surface area contributed by atoms with Gasteiger partial charge in [0, 0.05) is 42.6 Å². The van der Waals surface area contributed by atoms with E-state index in [1.54, 1.807) is 23.1 Å². The molecule has 0 unspecified atom stereocenters. The Balaban J connectivity index is 1.94. The van der Waals surface area contributed by atoms with Crippen molar-refractivity contribution in [3.05, 3.63) is 33.8 Å². The Labute approximate surface area is 153 Å². The Kier molecular flexibility index (Phi) is 6.92. The van der Waals surface area contributed by atoms with Crippen LogP contribution in [0.5, 0.6) is 0 Å². The van der Waals surface area contributed by atoms with Gasteiger partial charge in [0.15, 0.2) is 0 Å². The second kappa shape index (κ2) is 8.52. The van der Waals surface area contributed by atoms with Crippen LogP contribution in [0.25, 0.3) is 0 Å². The summed E-state index contributed by atoms with van der Waals surface area (Å²) in [7, 11) is -3.38. The second-order valence-electron chi connectivity index (χ2n) is 5.99. The van der Waals surface area contributed by atoms with Gasteiger partial charge in [-0.15, -0.1) is 0 Å². The van der Waals surface area contributed by atoms with Crippen molar-refractivity contribution in [2.75, 3.05) is 32.4 Å². The molecule has 0 saturated carbocycles. The van der Waals surface area contributed by atoms with Gasteiger partial charge in [-0.3, -0.25) is 4.79 Å². The average molecular weight is 393 g/mol. The zero-order chi connectivity index (χ0) is 17.7. The number of nitrogens with zero attached hydrogens (tertiary/aromatic N) is 2. The van der Waals surface area contributed by atoms with Gasteiger partial charge in [0.25, 0.3) is 0 Å². The molecule has 1 aromatic rings. The Hall–Kier alpha value is -0.820. The minimum absolute atomic E-state index is 0.0191. The van der Waals surface area contributed by atoms with Gasteiger partial charge in [-0.1, -0.05) is 29.3 Å². The Bertz CT molecular complexity index is 689. The number of carbonyl (C=O) groups excluding carboxylic acids is 1. The monoisotopic (exact) mass is 392 g/mol. The molecular weight excluding hydrogens is 371 g/mol. The molecule has 0 bridgehead atoms. The first-order valence-corrected chi connectivity index (χ1v) is 10.5. The predicted octanol–water partition coefficient (Wildman–Crippen LogP) is 2.81. The van der Waals surface area contributed by atoms with Gasteiger partial charge < -0.3 is 4.90 Å². The van der Waals surface area contributed by atoms with Gasteiger partial charge in [0.05, 0.1) is 6.26 Å². The van der Waals surface area contributed by atoms with E-state index < -0.39 is 10.0 Å². The largest absolute Gasteiger partial charge is 0.343 e. The van der Waals surface area contributed by atoms with Gasteiger partial charge in [-0.2, -0.15) is 0 Å². The van der Waals surface area contributed by atoms with Crippen LogP contribution >= 0.6 is 23.2 Å². The van der Waals surface area contributed by atoms with Crippen LogP contribution in [-0.4, -0.2) is 56.0 Å². The van der Waals surface area contributed by atoms with Crippen LogP contribution in [-0.2, 0) is 21.2 Å². The summed E-state index contributed by atoms with van der Waals surface area (Å²) in [5.74, 6) is 0.0191. The summed E-state index contributed by atoms with van der Waals surface area (Å²) in [4.78, 5) is 13.9. The van der Waals surface area contributed by atoms with E-state index in [4.69, 9.17) is 23.2 Å². The van der Waals surface area contributed by atoms with Crippen LogP contribution in [0.15, 0.2) is 18.2 Å². The van der Waals surface area contributed by atoms with E-state index in [2.05, 4.69) is 0 Å². The van der Waals surface area contributed by atoms with Crippen LogP contribution in [0.2, 0.25) is 10.0 Å². The van der Waals surface area contributed by atoms with Gasteiger partial charge in [0.1, 0.15) is 0 Å². The lowest BCUT2D eigenvalue weighted by Gasteiger charge is -2.22. The molecule has 5 nitrogen and oxygen atoms in total. The van der Waals surface area contributed by atoms with Crippen LogP contribution in [0.1, 0.15) is 24.8 Å². The molecule has 2 rings (SSSR count). The van der Waals surface area contributed by atoms with Crippen molar-refractivity contribution in [2.45, 2.75) is 25.7 Å². The standard InChI is InChI=1S/C16H22Cl2N2O3S/c1-24(22,23)20(11-7-16(21)19-8-2-3-9-19)10-6-13-4-5-14(17)12-15(13)18/h4-5,12H,2-3,6-11H2,1H3. The minimum atomic E-state index is -3.38. The fraction of sp³-hybridized carbons (Fsp3) is 0.562. The third kappa shape index (κ3) is 5.62. The highest BCUT2D eigenvalue weighted by molar-refractivity contribution is 7.88. The van der Waals surface area contributed by atoms with Crippen LogP contribution in [0, 0.1) is 0 Å².